The van der Waals surface area contributed by atoms with Crippen LogP contribution in [0.1, 0.15) is 41.3 Å². The number of esters is 2. The molecule has 2 aliphatic heterocycles. The first-order valence-corrected chi connectivity index (χ1v) is 12.6. The van der Waals surface area contributed by atoms with Crippen LogP contribution in [0.4, 0.5) is 5.69 Å². The van der Waals surface area contributed by atoms with Crippen LogP contribution in [0.5, 0.6) is 0 Å². The minimum absolute atomic E-state index is 0.0659. The zero-order valence-corrected chi connectivity index (χ0v) is 21.6. The van der Waals surface area contributed by atoms with Crippen molar-refractivity contribution < 1.29 is 19.1 Å². The highest BCUT2D eigenvalue weighted by molar-refractivity contribution is 6.01. The van der Waals surface area contributed by atoms with Crippen molar-refractivity contribution in [1.29, 1.82) is 0 Å². The molecule has 37 heavy (non-hydrogen) atoms. The first kappa shape index (κ1) is 24.6. The van der Waals surface area contributed by atoms with Gasteiger partial charge in [0.1, 0.15) is 5.70 Å². The molecule has 0 fully saturated rings. The minimum Gasteiger partial charge on any atom is -0.466 e. The molecular weight excluding hydrogens is 464 g/mol. The van der Waals surface area contributed by atoms with Crippen LogP contribution in [-0.4, -0.2) is 31.1 Å². The Bertz CT molecular complexity index is 1330. The number of hydrogen-bond acceptors (Lipinski definition) is 6. The Balaban J connectivity index is 1.77. The molecule has 0 saturated carbocycles. The molecule has 6 nitrogen and oxygen atoms in total. The van der Waals surface area contributed by atoms with E-state index in [4.69, 9.17) is 9.47 Å². The highest BCUT2D eigenvalue weighted by Crippen LogP contribution is 2.55. The fraction of sp³-hybridized carbons (Fsp3) is 0.290. The lowest BCUT2D eigenvalue weighted by Gasteiger charge is -2.52. The van der Waals surface area contributed by atoms with Crippen molar-refractivity contribution in [3.63, 3.8) is 0 Å². The Morgan fingerprint density at radius 2 is 1.51 bits per heavy atom. The van der Waals surface area contributed by atoms with Crippen LogP contribution < -0.4 is 5.32 Å². The Morgan fingerprint density at radius 1 is 0.865 bits per heavy atom. The van der Waals surface area contributed by atoms with Gasteiger partial charge in [0.2, 0.25) is 0 Å². The van der Waals surface area contributed by atoms with Gasteiger partial charge in [-0.15, -0.1) is 0 Å². The molecule has 2 heterocycles. The van der Waals surface area contributed by atoms with Gasteiger partial charge in [-0.1, -0.05) is 85.3 Å². The monoisotopic (exact) mass is 496 g/mol. The number of benzene rings is 3. The maximum Gasteiger partial charge on any atom is 0.354 e. The lowest BCUT2D eigenvalue weighted by molar-refractivity contribution is -0.143. The smallest absolute Gasteiger partial charge is 0.354 e. The highest BCUT2D eigenvalue weighted by atomic mass is 16.5. The number of fused-ring (bicyclic) bond motifs is 3. The van der Waals surface area contributed by atoms with Crippen molar-refractivity contribution in [2.24, 2.45) is 11.8 Å². The maximum atomic E-state index is 13.4. The molecule has 3 aromatic carbocycles. The summed E-state index contributed by atoms with van der Waals surface area (Å²) in [5, 5.41) is 3.76. The fourth-order valence-electron chi connectivity index (χ4n) is 5.93. The molecule has 4 atom stereocenters. The lowest BCUT2D eigenvalue weighted by Crippen LogP contribution is -2.50. The summed E-state index contributed by atoms with van der Waals surface area (Å²) in [4.78, 5) is 28.7. The standard InChI is InChI=1S/C31H32N2O4/c1-19-14-16-22(17-15-19)27-25-20(2)26(30(34)36-3)29(31(35)37-4)33(18-21-10-6-5-7-11-21)28(25)23-12-8-9-13-24(23)32-27/h5-17,20,25,27-28,32H,18H2,1-4H3/t20-,25+,27+,28-/m0/s1. The van der Waals surface area contributed by atoms with E-state index in [9.17, 15) is 9.59 Å². The van der Waals surface area contributed by atoms with Gasteiger partial charge in [-0.25, -0.2) is 9.59 Å². The number of carbonyl (C=O) groups excluding carboxylic acids is 2. The van der Waals surface area contributed by atoms with Crippen LogP contribution >= 0.6 is 0 Å². The van der Waals surface area contributed by atoms with Crippen LogP contribution in [0, 0.1) is 18.8 Å². The summed E-state index contributed by atoms with van der Waals surface area (Å²) in [7, 11) is 2.71. The van der Waals surface area contributed by atoms with E-state index >= 15 is 0 Å². The molecule has 2 aliphatic rings. The van der Waals surface area contributed by atoms with Gasteiger partial charge >= 0.3 is 11.9 Å². The molecule has 5 rings (SSSR count). The summed E-state index contributed by atoms with van der Waals surface area (Å²) in [6, 6.07) is 26.4. The van der Waals surface area contributed by atoms with Gasteiger partial charge in [-0.2, -0.15) is 0 Å². The maximum absolute atomic E-state index is 13.4. The predicted octanol–water partition coefficient (Wildman–Crippen LogP) is 5.57. The number of rotatable bonds is 5. The van der Waals surface area contributed by atoms with Crippen LogP contribution in [0.2, 0.25) is 0 Å². The third-order valence-electron chi connectivity index (χ3n) is 7.67. The van der Waals surface area contributed by atoms with Gasteiger partial charge in [-0.3, -0.25) is 0 Å². The van der Waals surface area contributed by atoms with Gasteiger partial charge in [-0.05, 0) is 35.6 Å². The van der Waals surface area contributed by atoms with Crippen LogP contribution in [0.25, 0.3) is 0 Å². The molecular formula is C31H32N2O4. The quantitative estimate of drug-likeness (QED) is 0.466. The topological polar surface area (TPSA) is 67.9 Å². The van der Waals surface area contributed by atoms with Crippen molar-refractivity contribution in [2.75, 3.05) is 19.5 Å². The Kier molecular flexibility index (Phi) is 6.74. The number of nitrogens with one attached hydrogen (secondary N) is 1. The van der Waals surface area contributed by atoms with E-state index in [2.05, 4.69) is 53.5 Å². The van der Waals surface area contributed by atoms with E-state index in [-0.39, 0.29) is 29.6 Å². The molecule has 0 unspecified atom stereocenters. The predicted molar refractivity (Wildman–Crippen MR) is 142 cm³/mol. The first-order valence-electron chi connectivity index (χ1n) is 12.6. The highest BCUT2D eigenvalue weighted by Gasteiger charge is 2.51. The zero-order chi connectivity index (χ0) is 26.1. The fourth-order valence-corrected chi connectivity index (χ4v) is 5.93. The molecule has 0 saturated heterocycles. The van der Waals surface area contributed by atoms with E-state index in [1.807, 2.05) is 49.4 Å². The third kappa shape index (κ3) is 4.37. The molecule has 0 amide bonds. The van der Waals surface area contributed by atoms with Gasteiger partial charge in [0.25, 0.3) is 0 Å². The molecule has 3 aromatic rings. The summed E-state index contributed by atoms with van der Waals surface area (Å²) in [5.41, 5.74) is 6.07. The molecule has 0 radical (unpaired) electrons. The number of methoxy groups -OCH3 is 2. The molecule has 190 valence electrons. The number of carbonyl (C=O) groups is 2. The first-order chi connectivity index (χ1) is 17.9. The largest absolute Gasteiger partial charge is 0.466 e. The zero-order valence-electron chi connectivity index (χ0n) is 21.6. The van der Waals surface area contributed by atoms with E-state index in [1.165, 1.54) is 19.8 Å². The Morgan fingerprint density at radius 3 is 2.19 bits per heavy atom. The van der Waals surface area contributed by atoms with Crippen molar-refractivity contribution >= 4 is 17.6 Å². The van der Waals surface area contributed by atoms with Gasteiger partial charge in [0.05, 0.1) is 31.9 Å². The molecule has 0 spiro atoms. The van der Waals surface area contributed by atoms with Crippen LogP contribution in [0.3, 0.4) is 0 Å². The van der Waals surface area contributed by atoms with Crippen molar-refractivity contribution in [3.8, 4) is 0 Å². The number of anilines is 1. The van der Waals surface area contributed by atoms with Crippen molar-refractivity contribution in [1.82, 2.24) is 4.90 Å². The molecule has 1 N–H and O–H groups in total. The number of nitrogens with zero attached hydrogens (tertiary/aromatic N) is 1. The van der Waals surface area contributed by atoms with E-state index < -0.39 is 11.9 Å². The second kappa shape index (κ2) is 10.1. The second-order valence-corrected chi connectivity index (χ2v) is 9.79. The average Bonchev–Trinajstić information content (AvgIpc) is 2.93. The van der Waals surface area contributed by atoms with Crippen molar-refractivity contribution in [2.45, 2.75) is 32.5 Å². The van der Waals surface area contributed by atoms with Crippen LogP contribution in [-0.2, 0) is 25.6 Å². The van der Waals surface area contributed by atoms with Gasteiger partial charge in [0.15, 0.2) is 0 Å². The summed E-state index contributed by atoms with van der Waals surface area (Å²) in [6.45, 7) is 4.53. The van der Waals surface area contributed by atoms with Crippen LogP contribution in [0.15, 0.2) is 90.1 Å². The van der Waals surface area contributed by atoms with E-state index in [0.717, 1.165) is 22.4 Å². The van der Waals surface area contributed by atoms with Gasteiger partial charge < -0.3 is 19.7 Å². The number of ether oxygens (including phenoxy) is 2. The summed E-state index contributed by atoms with van der Waals surface area (Å²) >= 11 is 0. The van der Waals surface area contributed by atoms with Gasteiger partial charge in [0, 0.05) is 18.2 Å². The average molecular weight is 497 g/mol. The van der Waals surface area contributed by atoms with E-state index in [0.29, 0.717) is 12.1 Å². The molecule has 0 aromatic heterocycles. The van der Waals surface area contributed by atoms with E-state index in [1.54, 1.807) is 0 Å². The molecule has 6 heteroatoms. The summed E-state index contributed by atoms with van der Waals surface area (Å²) < 4.78 is 10.5. The normalized spacial score (nSPS) is 22.4. The minimum atomic E-state index is -0.537. The lowest BCUT2D eigenvalue weighted by atomic mass is 9.67. The summed E-state index contributed by atoms with van der Waals surface area (Å²) in [6.07, 6.45) is 0. The summed E-state index contributed by atoms with van der Waals surface area (Å²) in [5.74, 6) is -1.40. The number of aryl methyl sites for hydroxylation is 1. The third-order valence-corrected chi connectivity index (χ3v) is 7.67. The van der Waals surface area contributed by atoms with Crippen molar-refractivity contribution in [3.05, 3.63) is 112 Å². The second-order valence-electron chi connectivity index (χ2n) is 9.79. The number of para-hydroxylation sites is 1. The SMILES string of the molecule is COC(=O)C1=C(C(=O)OC)N(Cc2ccccc2)[C@H]2c3ccccc3N[C@H](c3ccc(C)cc3)[C@H]2[C@@H]1C. The molecule has 0 bridgehead atoms. The molecule has 0 aliphatic carbocycles. The number of hydrogen-bond donors (Lipinski definition) is 1. The Hall–Kier alpha value is -4.06. The Labute approximate surface area is 217 Å².